The van der Waals surface area contributed by atoms with E-state index in [1.54, 1.807) is 36.5 Å². The zero-order valence-electron chi connectivity index (χ0n) is 9.84. The van der Waals surface area contributed by atoms with Crippen molar-refractivity contribution in [2.24, 2.45) is 0 Å². The quantitative estimate of drug-likeness (QED) is 0.636. The number of hydrogen-bond donors (Lipinski definition) is 0. The maximum Gasteiger partial charge on any atom is 0.338 e. The summed E-state index contributed by atoms with van der Waals surface area (Å²) in [4.78, 5) is 15.7. The Bertz CT molecular complexity index is 633. The van der Waals surface area contributed by atoms with Gasteiger partial charge in [0.1, 0.15) is 11.8 Å². The van der Waals surface area contributed by atoms with Gasteiger partial charge in [0.05, 0.1) is 17.2 Å². The Kier molecular flexibility index (Phi) is 4.11. The summed E-state index contributed by atoms with van der Waals surface area (Å²) in [5, 5.41) is 9.14. The first kappa shape index (κ1) is 13.1. The predicted molar refractivity (Wildman–Crippen MR) is 69.5 cm³/mol. The van der Waals surface area contributed by atoms with Crippen LogP contribution in [0.4, 0.5) is 0 Å². The SMILES string of the molecule is N#Cc1cccc(C(=O)OCc2ccc(Cl)nc2)c1. The summed E-state index contributed by atoms with van der Waals surface area (Å²) in [6.45, 7) is 0.111. The molecule has 0 aliphatic heterocycles. The number of carbonyl (C=O) groups excluding carboxylic acids is 1. The fourth-order valence-corrected chi connectivity index (χ4v) is 1.55. The molecule has 2 rings (SSSR count). The molecule has 0 fully saturated rings. The standard InChI is InChI=1S/C14H9ClN2O2/c15-13-5-4-11(8-17-13)9-19-14(18)12-3-1-2-10(6-12)7-16/h1-6,8H,9H2. The molecule has 0 aliphatic rings. The number of benzene rings is 1. The lowest BCUT2D eigenvalue weighted by Crippen LogP contribution is -2.05. The molecule has 1 heterocycles. The molecule has 0 saturated heterocycles. The molecule has 2 aromatic rings. The van der Waals surface area contributed by atoms with Gasteiger partial charge >= 0.3 is 5.97 Å². The lowest BCUT2D eigenvalue weighted by Gasteiger charge is -2.05. The Hall–Kier alpha value is -2.38. The second-order valence-corrected chi connectivity index (χ2v) is 4.15. The van der Waals surface area contributed by atoms with Gasteiger partial charge in [-0.3, -0.25) is 0 Å². The van der Waals surface area contributed by atoms with Crippen LogP contribution in [0.3, 0.4) is 0 Å². The zero-order chi connectivity index (χ0) is 13.7. The number of ether oxygens (including phenoxy) is 1. The minimum atomic E-state index is -0.480. The first-order valence-corrected chi connectivity index (χ1v) is 5.84. The lowest BCUT2D eigenvalue weighted by molar-refractivity contribution is 0.0472. The molecule has 0 amide bonds. The number of halogens is 1. The van der Waals surface area contributed by atoms with Crippen molar-refractivity contribution >= 4 is 17.6 Å². The van der Waals surface area contributed by atoms with E-state index in [2.05, 4.69) is 4.98 Å². The Labute approximate surface area is 115 Å². The van der Waals surface area contributed by atoms with Gasteiger partial charge in [0.25, 0.3) is 0 Å². The second kappa shape index (κ2) is 5.98. The van der Waals surface area contributed by atoms with Crippen LogP contribution < -0.4 is 0 Å². The molecule has 0 unspecified atom stereocenters. The van der Waals surface area contributed by atoms with E-state index in [0.29, 0.717) is 16.3 Å². The molecule has 5 heteroatoms. The van der Waals surface area contributed by atoms with Gasteiger partial charge in [0.2, 0.25) is 0 Å². The smallest absolute Gasteiger partial charge is 0.338 e. The van der Waals surface area contributed by atoms with Crippen molar-refractivity contribution in [3.63, 3.8) is 0 Å². The van der Waals surface area contributed by atoms with E-state index in [0.717, 1.165) is 5.56 Å². The van der Waals surface area contributed by atoms with E-state index in [4.69, 9.17) is 21.6 Å². The van der Waals surface area contributed by atoms with E-state index in [1.807, 2.05) is 6.07 Å². The van der Waals surface area contributed by atoms with Gasteiger partial charge in [0, 0.05) is 11.8 Å². The van der Waals surface area contributed by atoms with Gasteiger partial charge in [0.15, 0.2) is 0 Å². The largest absolute Gasteiger partial charge is 0.457 e. The Morgan fingerprint density at radius 2 is 2.21 bits per heavy atom. The third kappa shape index (κ3) is 3.54. The van der Waals surface area contributed by atoms with Crippen LogP contribution in [0.2, 0.25) is 5.15 Å². The molecule has 1 aromatic carbocycles. The molecule has 1 aromatic heterocycles. The summed E-state index contributed by atoms with van der Waals surface area (Å²) in [5.74, 6) is -0.480. The molecule has 94 valence electrons. The highest BCUT2D eigenvalue weighted by atomic mass is 35.5. The molecule has 0 atom stereocenters. The third-order valence-corrected chi connectivity index (χ3v) is 2.61. The van der Waals surface area contributed by atoms with Crippen LogP contribution in [-0.4, -0.2) is 11.0 Å². The number of esters is 1. The van der Waals surface area contributed by atoms with Crippen LogP contribution in [0.15, 0.2) is 42.6 Å². The van der Waals surface area contributed by atoms with Gasteiger partial charge in [-0.15, -0.1) is 0 Å². The Morgan fingerprint density at radius 3 is 2.89 bits per heavy atom. The summed E-state index contributed by atoms with van der Waals surface area (Å²) in [6, 6.07) is 11.7. The number of carbonyl (C=O) groups is 1. The topological polar surface area (TPSA) is 63.0 Å². The van der Waals surface area contributed by atoms with Crippen LogP contribution in [0.1, 0.15) is 21.5 Å². The number of aromatic nitrogens is 1. The van der Waals surface area contributed by atoms with Crippen molar-refractivity contribution < 1.29 is 9.53 Å². The van der Waals surface area contributed by atoms with E-state index >= 15 is 0 Å². The monoisotopic (exact) mass is 272 g/mol. The summed E-state index contributed by atoms with van der Waals surface area (Å²) in [5.41, 5.74) is 1.51. The van der Waals surface area contributed by atoms with Gasteiger partial charge in [-0.2, -0.15) is 5.26 Å². The first-order chi connectivity index (χ1) is 9.19. The third-order valence-electron chi connectivity index (χ3n) is 2.39. The Balaban J connectivity index is 2.01. The molecular weight excluding hydrogens is 264 g/mol. The van der Waals surface area contributed by atoms with Crippen molar-refractivity contribution in [1.82, 2.24) is 4.98 Å². The molecule has 0 spiro atoms. The van der Waals surface area contributed by atoms with Crippen molar-refractivity contribution in [2.75, 3.05) is 0 Å². The minimum Gasteiger partial charge on any atom is -0.457 e. The van der Waals surface area contributed by atoms with E-state index in [-0.39, 0.29) is 6.61 Å². The number of pyridine rings is 1. The number of rotatable bonds is 3. The van der Waals surface area contributed by atoms with Gasteiger partial charge in [-0.25, -0.2) is 9.78 Å². The lowest BCUT2D eigenvalue weighted by atomic mass is 10.1. The highest BCUT2D eigenvalue weighted by Crippen LogP contribution is 2.09. The molecule has 0 aliphatic carbocycles. The molecule has 0 saturated carbocycles. The fraction of sp³-hybridized carbons (Fsp3) is 0.0714. The van der Waals surface area contributed by atoms with Crippen molar-refractivity contribution in [3.8, 4) is 6.07 Å². The molecule has 0 radical (unpaired) electrons. The van der Waals surface area contributed by atoms with Crippen LogP contribution in [0.5, 0.6) is 0 Å². The molecule has 0 bridgehead atoms. The number of nitrogens with zero attached hydrogens (tertiary/aromatic N) is 2. The second-order valence-electron chi connectivity index (χ2n) is 3.76. The number of nitriles is 1. The van der Waals surface area contributed by atoms with Crippen molar-refractivity contribution in [2.45, 2.75) is 6.61 Å². The van der Waals surface area contributed by atoms with Crippen LogP contribution in [0, 0.1) is 11.3 Å². The maximum atomic E-state index is 11.8. The predicted octanol–water partition coefficient (Wildman–Crippen LogP) is 2.96. The van der Waals surface area contributed by atoms with E-state index < -0.39 is 5.97 Å². The molecule has 4 nitrogen and oxygen atoms in total. The average Bonchev–Trinajstić information content (AvgIpc) is 2.46. The normalized spacial score (nSPS) is 9.68. The highest BCUT2D eigenvalue weighted by Gasteiger charge is 2.08. The van der Waals surface area contributed by atoms with Crippen LogP contribution >= 0.6 is 11.6 Å². The zero-order valence-corrected chi connectivity index (χ0v) is 10.6. The van der Waals surface area contributed by atoms with Crippen LogP contribution in [0.25, 0.3) is 0 Å². The minimum absolute atomic E-state index is 0.111. The first-order valence-electron chi connectivity index (χ1n) is 5.47. The van der Waals surface area contributed by atoms with E-state index in [1.165, 1.54) is 6.07 Å². The molecule has 0 N–H and O–H groups in total. The summed E-state index contributed by atoms with van der Waals surface area (Å²) in [7, 11) is 0. The Morgan fingerprint density at radius 1 is 1.37 bits per heavy atom. The van der Waals surface area contributed by atoms with Gasteiger partial charge in [-0.1, -0.05) is 23.7 Å². The number of hydrogen-bond acceptors (Lipinski definition) is 4. The average molecular weight is 273 g/mol. The van der Waals surface area contributed by atoms with E-state index in [9.17, 15) is 4.79 Å². The maximum absolute atomic E-state index is 11.8. The van der Waals surface area contributed by atoms with Crippen LogP contribution in [-0.2, 0) is 11.3 Å². The fourth-order valence-electron chi connectivity index (χ4n) is 1.44. The summed E-state index contributed by atoms with van der Waals surface area (Å²) in [6.07, 6.45) is 1.54. The van der Waals surface area contributed by atoms with Crippen molar-refractivity contribution in [3.05, 3.63) is 64.4 Å². The molecular formula is C14H9ClN2O2. The van der Waals surface area contributed by atoms with Crippen molar-refractivity contribution in [1.29, 1.82) is 5.26 Å². The summed E-state index contributed by atoms with van der Waals surface area (Å²) >= 11 is 5.65. The summed E-state index contributed by atoms with van der Waals surface area (Å²) < 4.78 is 5.12. The molecule has 19 heavy (non-hydrogen) atoms. The highest BCUT2D eigenvalue weighted by molar-refractivity contribution is 6.29. The van der Waals surface area contributed by atoms with Gasteiger partial charge < -0.3 is 4.74 Å². The van der Waals surface area contributed by atoms with Gasteiger partial charge in [-0.05, 0) is 24.3 Å².